The van der Waals surface area contributed by atoms with Crippen molar-refractivity contribution in [2.75, 3.05) is 6.61 Å². The first kappa shape index (κ1) is 18.0. The molecule has 0 bridgehead atoms. The Balaban J connectivity index is 1.89. The number of aliphatic hydroxyl groups is 1. The van der Waals surface area contributed by atoms with Crippen molar-refractivity contribution in [3.8, 4) is 0 Å². The number of alkyl halides is 3. The maximum atomic E-state index is 12.0. The molecule has 0 heterocycles. The van der Waals surface area contributed by atoms with E-state index in [2.05, 4.69) is 0 Å². The minimum atomic E-state index is -4.48. The van der Waals surface area contributed by atoms with E-state index in [0.29, 0.717) is 26.1 Å². The molecule has 1 N–H and O–H groups in total. The van der Waals surface area contributed by atoms with Gasteiger partial charge < -0.3 is 9.84 Å². The molecule has 5 heteroatoms. The molecule has 0 spiro atoms. The predicted octanol–water partition coefficient (Wildman–Crippen LogP) is 4.47. The quantitative estimate of drug-likeness (QED) is 0.646. The van der Waals surface area contributed by atoms with E-state index in [9.17, 15) is 13.2 Å². The summed E-state index contributed by atoms with van der Waals surface area (Å²) in [7, 11) is 0. The Morgan fingerprint density at radius 2 is 1.57 bits per heavy atom. The molecule has 1 aromatic carbocycles. The van der Waals surface area contributed by atoms with Gasteiger partial charge in [-0.1, -0.05) is 56.0 Å². The van der Waals surface area contributed by atoms with E-state index in [4.69, 9.17) is 9.84 Å². The molecule has 120 valence electrons. The van der Waals surface area contributed by atoms with E-state index >= 15 is 0 Å². The van der Waals surface area contributed by atoms with Gasteiger partial charge in [0.2, 0.25) is 0 Å². The van der Waals surface area contributed by atoms with E-state index in [1.165, 1.54) is 0 Å². The van der Waals surface area contributed by atoms with Crippen LogP contribution in [-0.2, 0) is 11.3 Å². The first-order chi connectivity index (χ1) is 10.00. The zero-order valence-electron chi connectivity index (χ0n) is 12.1. The van der Waals surface area contributed by atoms with E-state index in [0.717, 1.165) is 24.8 Å². The fraction of sp³-hybridized carbons (Fsp3) is 0.625. The minimum Gasteiger partial charge on any atom is -0.384 e. The van der Waals surface area contributed by atoms with E-state index < -0.39 is 12.3 Å². The Morgan fingerprint density at radius 1 is 0.952 bits per heavy atom. The summed E-state index contributed by atoms with van der Waals surface area (Å²) >= 11 is 0. The van der Waals surface area contributed by atoms with Gasteiger partial charge in [-0.25, -0.2) is 0 Å². The lowest BCUT2D eigenvalue weighted by molar-refractivity contribution is -0.205. The van der Waals surface area contributed by atoms with Crippen LogP contribution < -0.4 is 0 Å². The summed E-state index contributed by atoms with van der Waals surface area (Å²) in [6.07, 6.45) is -3.01. The summed E-state index contributed by atoms with van der Waals surface area (Å²) in [6, 6.07) is 9.90. The fourth-order valence-electron chi connectivity index (χ4n) is 2.00. The van der Waals surface area contributed by atoms with Crippen molar-refractivity contribution in [2.45, 2.75) is 57.4 Å². The highest BCUT2D eigenvalue weighted by molar-refractivity contribution is 5.13. The molecule has 1 atom stereocenters. The van der Waals surface area contributed by atoms with Crippen LogP contribution in [0, 0.1) is 0 Å². The van der Waals surface area contributed by atoms with Crippen molar-refractivity contribution in [2.24, 2.45) is 0 Å². The molecule has 0 aliphatic rings. The number of unbranched alkanes of at least 4 members (excludes halogenated alkanes) is 4. The molecule has 0 aliphatic heterocycles. The second-order valence-electron chi connectivity index (χ2n) is 5.15. The molecular weight excluding hydrogens is 281 g/mol. The number of halogens is 3. The normalized spacial score (nSPS) is 13.3. The fourth-order valence-corrected chi connectivity index (χ4v) is 2.00. The lowest BCUT2D eigenvalue weighted by atomic mass is 10.1. The summed E-state index contributed by atoms with van der Waals surface area (Å²) in [5.41, 5.74) is 1.14. The smallest absolute Gasteiger partial charge is 0.384 e. The van der Waals surface area contributed by atoms with Crippen molar-refractivity contribution in [1.82, 2.24) is 0 Å². The Labute approximate surface area is 123 Å². The summed E-state index contributed by atoms with van der Waals surface area (Å²) in [4.78, 5) is 0. The number of hydrogen-bond donors (Lipinski definition) is 1. The van der Waals surface area contributed by atoms with Crippen LogP contribution in [0.3, 0.4) is 0 Å². The van der Waals surface area contributed by atoms with Gasteiger partial charge in [-0.05, 0) is 18.4 Å². The Hall–Kier alpha value is -1.07. The third-order valence-corrected chi connectivity index (χ3v) is 3.26. The molecule has 1 aromatic rings. The monoisotopic (exact) mass is 304 g/mol. The molecule has 0 amide bonds. The summed E-state index contributed by atoms with van der Waals surface area (Å²) in [5, 5.41) is 8.82. The van der Waals surface area contributed by atoms with Gasteiger partial charge in [0.15, 0.2) is 0 Å². The molecule has 0 fully saturated rings. The van der Waals surface area contributed by atoms with E-state index in [1.54, 1.807) is 0 Å². The van der Waals surface area contributed by atoms with Crippen LogP contribution >= 0.6 is 0 Å². The number of hydrogen-bond acceptors (Lipinski definition) is 2. The number of ether oxygens (including phenoxy) is 1. The molecule has 2 nitrogen and oxygen atoms in total. The minimum absolute atomic E-state index is 0.200. The Morgan fingerprint density at radius 3 is 2.24 bits per heavy atom. The van der Waals surface area contributed by atoms with Gasteiger partial charge in [-0.15, -0.1) is 0 Å². The highest BCUT2D eigenvalue weighted by Crippen LogP contribution is 2.24. The predicted molar refractivity (Wildman–Crippen MR) is 75.9 cm³/mol. The second-order valence-corrected chi connectivity index (χ2v) is 5.15. The highest BCUT2D eigenvalue weighted by atomic mass is 19.4. The van der Waals surface area contributed by atoms with Crippen LogP contribution in [0.1, 0.15) is 44.1 Å². The molecule has 0 saturated heterocycles. The molecule has 0 aliphatic carbocycles. The lowest BCUT2D eigenvalue weighted by Gasteiger charge is -2.13. The SMILES string of the molecule is O[C@@H](CCCCCCCOCc1ccccc1)C(F)(F)F. The topological polar surface area (TPSA) is 29.5 Å². The van der Waals surface area contributed by atoms with Gasteiger partial charge >= 0.3 is 6.18 Å². The van der Waals surface area contributed by atoms with E-state index in [-0.39, 0.29) is 6.42 Å². The number of aliphatic hydroxyl groups excluding tert-OH is 1. The first-order valence-electron chi connectivity index (χ1n) is 7.36. The van der Waals surface area contributed by atoms with Crippen molar-refractivity contribution in [3.05, 3.63) is 35.9 Å². The zero-order chi connectivity index (χ0) is 15.6. The summed E-state index contributed by atoms with van der Waals surface area (Å²) in [5.74, 6) is 0. The molecule has 0 radical (unpaired) electrons. The lowest BCUT2D eigenvalue weighted by Crippen LogP contribution is -2.28. The average molecular weight is 304 g/mol. The molecule has 0 aromatic heterocycles. The molecule has 0 saturated carbocycles. The van der Waals surface area contributed by atoms with Crippen LogP contribution in [0.4, 0.5) is 13.2 Å². The Bertz CT molecular complexity index is 366. The maximum absolute atomic E-state index is 12.0. The molecule has 21 heavy (non-hydrogen) atoms. The van der Waals surface area contributed by atoms with Crippen LogP contribution in [0.2, 0.25) is 0 Å². The van der Waals surface area contributed by atoms with Gasteiger partial charge in [-0.2, -0.15) is 13.2 Å². The highest BCUT2D eigenvalue weighted by Gasteiger charge is 2.37. The molecule has 1 rings (SSSR count). The third kappa shape index (κ3) is 8.73. The van der Waals surface area contributed by atoms with Gasteiger partial charge in [0.1, 0.15) is 6.10 Å². The largest absolute Gasteiger partial charge is 0.414 e. The van der Waals surface area contributed by atoms with Crippen molar-refractivity contribution in [3.63, 3.8) is 0 Å². The van der Waals surface area contributed by atoms with Gasteiger partial charge in [0, 0.05) is 6.61 Å². The van der Waals surface area contributed by atoms with E-state index in [1.807, 2.05) is 30.3 Å². The molecule has 0 unspecified atom stereocenters. The third-order valence-electron chi connectivity index (χ3n) is 3.26. The second kappa shape index (κ2) is 9.79. The number of rotatable bonds is 10. The van der Waals surface area contributed by atoms with Crippen LogP contribution in [0.5, 0.6) is 0 Å². The van der Waals surface area contributed by atoms with Crippen molar-refractivity contribution < 1.29 is 23.0 Å². The standard InChI is InChI=1S/C16H23F3O2/c17-16(18,19)15(20)11-7-2-1-3-8-12-21-13-14-9-5-4-6-10-14/h4-6,9-10,15,20H,1-3,7-8,11-13H2/t15-/m0/s1. The summed E-state index contributed by atoms with van der Waals surface area (Å²) < 4.78 is 41.6. The Kier molecular flexibility index (Phi) is 8.38. The maximum Gasteiger partial charge on any atom is 0.414 e. The van der Waals surface area contributed by atoms with Gasteiger partial charge in [-0.3, -0.25) is 0 Å². The van der Waals surface area contributed by atoms with Crippen molar-refractivity contribution in [1.29, 1.82) is 0 Å². The first-order valence-corrected chi connectivity index (χ1v) is 7.36. The van der Waals surface area contributed by atoms with Gasteiger partial charge in [0.05, 0.1) is 6.61 Å². The molecular formula is C16H23F3O2. The van der Waals surface area contributed by atoms with Gasteiger partial charge in [0.25, 0.3) is 0 Å². The number of benzene rings is 1. The van der Waals surface area contributed by atoms with Crippen molar-refractivity contribution >= 4 is 0 Å². The average Bonchev–Trinajstić information content (AvgIpc) is 2.45. The van der Waals surface area contributed by atoms with Crippen LogP contribution in [0.15, 0.2) is 30.3 Å². The van der Waals surface area contributed by atoms with Crippen LogP contribution in [0.25, 0.3) is 0 Å². The summed E-state index contributed by atoms with van der Waals surface area (Å²) in [6.45, 7) is 1.26. The van der Waals surface area contributed by atoms with Crippen LogP contribution in [-0.4, -0.2) is 24.0 Å². The zero-order valence-corrected chi connectivity index (χ0v) is 12.1.